The predicted octanol–water partition coefficient (Wildman–Crippen LogP) is 4.22. The molecule has 0 bridgehead atoms. The lowest BCUT2D eigenvalue weighted by molar-refractivity contribution is -0.136. The Hall–Kier alpha value is -1.78. The Morgan fingerprint density at radius 1 is 1.32 bits per heavy atom. The molecule has 2 N–H and O–H groups in total. The van der Waals surface area contributed by atoms with Gasteiger partial charge in [-0.15, -0.1) is 12.4 Å². The molecular weight excluding hydrogens is 434 g/mol. The quantitative estimate of drug-likeness (QED) is 0.636. The van der Waals surface area contributed by atoms with E-state index in [1.165, 1.54) is 23.8 Å². The van der Waals surface area contributed by atoms with Crippen LogP contribution in [0.4, 0.5) is 8.78 Å². The molecule has 0 saturated heterocycles. The van der Waals surface area contributed by atoms with E-state index in [0.717, 1.165) is 27.7 Å². The maximum absolute atomic E-state index is 14.0. The number of aromatic nitrogens is 2. The number of hydrogen-bond donors (Lipinski definition) is 2. The first kappa shape index (κ1) is 22.5. The highest BCUT2D eigenvalue weighted by Gasteiger charge is 2.29. The third kappa shape index (κ3) is 4.61. The molecule has 1 aliphatic carbocycles. The number of rotatable bonds is 6. The van der Waals surface area contributed by atoms with Crippen molar-refractivity contribution >= 4 is 45.9 Å². The van der Waals surface area contributed by atoms with Crippen LogP contribution in [0.3, 0.4) is 0 Å². The maximum atomic E-state index is 14.0. The Kier molecular flexibility index (Phi) is 7.35. The first-order valence-corrected chi connectivity index (χ1v) is 10.3. The Bertz CT molecular complexity index is 910. The second-order valence-electron chi connectivity index (χ2n) is 6.18. The van der Waals surface area contributed by atoms with Gasteiger partial charge in [0.2, 0.25) is 0 Å². The van der Waals surface area contributed by atoms with E-state index in [0.29, 0.717) is 29.1 Å². The zero-order valence-corrected chi connectivity index (χ0v) is 17.0. The lowest BCUT2D eigenvalue weighted by Crippen LogP contribution is -2.23. The Morgan fingerprint density at radius 2 is 2.04 bits per heavy atom. The Labute approximate surface area is 173 Å². The van der Waals surface area contributed by atoms with Gasteiger partial charge in [0.15, 0.2) is 5.16 Å². The summed E-state index contributed by atoms with van der Waals surface area (Å²) in [5.41, 5.74) is 0.926. The number of aromatic carboxylic acids is 1. The maximum Gasteiger partial charge on any atom is 0.354 e. The van der Waals surface area contributed by atoms with E-state index in [-0.39, 0.29) is 30.6 Å². The van der Waals surface area contributed by atoms with Crippen molar-refractivity contribution in [1.29, 1.82) is 0 Å². The number of carbonyl (C=O) groups is 2. The first-order chi connectivity index (χ1) is 12.8. The number of hydrogen-bond acceptors (Lipinski definition) is 5. The zero-order valence-electron chi connectivity index (χ0n) is 14.6. The van der Waals surface area contributed by atoms with Crippen LogP contribution in [-0.4, -0.2) is 37.0 Å². The number of aliphatic carboxylic acids is 1. The van der Waals surface area contributed by atoms with Crippen LogP contribution in [0.15, 0.2) is 23.5 Å². The minimum atomic E-state index is -1.16. The summed E-state index contributed by atoms with van der Waals surface area (Å²) in [6, 6.07) is 1.79. The third-order valence-electron chi connectivity index (χ3n) is 4.40. The molecule has 11 heteroatoms. The van der Waals surface area contributed by atoms with E-state index >= 15 is 0 Å². The van der Waals surface area contributed by atoms with Gasteiger partial charge in [-0.1, -0.05) is 10.8 Å². The molecule has 1 aromatic heterocycles. The molecule has 2 atom stereocenters. The average molecular weight is 451 g/mol. The topological polar surface area (TPSA) is 92.4 Å². The highest BCUT2D eigenvalue weighted by molar-refractivity contribution is 8.77. The summed E-state index contributed by atoms with van der Waals surface area (Å²) in [6.45, 7) is 1.52. The van der Waals surface area contributed by atoms with Crippen LogP contribution < -0.4 is 0 Å². The highest BCUT2D eigenvalue weighted by atomic mass is 35.5. The summed E-state index contributed by atoms with van der Waals surface area (Å²) >= 11 is 0. The molecule has 0 fully saturated rings. The van der Waals surface area contributed by atoms with E-state index in [4.69, 9.17) is 5.11 Å². The first-order valence-electron chi connectivity index (χ1n) is 8.11. The van der Waals surface area contributed by atoms with Crippen molar-refractivity contribution < 1.29 is 28.6 Å². The number of imidazole rings is 1. The highest BCUT2D eigenvalue weighted by Crippen LogP contribution is 2.39. The van der Waals surface area contributed by atoms with Gasteiger partial charge in [-0.2, -0.15) is 0 Å². The predicted molar refractivity (Wildman–Crippen MR) is 104 cm³/mol. The van der Waals surface area contributed by atoms with Gasteiger partial charge in [0.05, 0.1) is 6.20 Å². The molecule has 6 nitrogen and oxygen atoms in total. The standard InChI is InChI=1S/C17H16F2N2O4S2.ClH/c1-8(15(22)23)26-27-17-20-7-14(16(24)25)21(17)11-2-3-12-9(5-11)4-10(18)6-13(12)19;/h4,6-8,11H,2-3,5H2,1H3,(H,22,23)(H,24,25);1H. The van der Waals surface area contributed by atoms with Gasteiger partial charge in [0, 0.05) is 12.1 Å². The fourth-order valence-electron chi connectivity index (χ4n) is 3.08. The van der Waals surface area contributed by atoms with E-state index in [2.05, 4.69) is 4.98 Å². The largest absolute Gasteiger partial charge is 0.480 e. The minimum Gasteiger partial charge on any atom is -0.480 e. The number of carboxylic acid groups (broad SMARTS) is 2. The normalized spacial score (nSPS) is 16.8. The summed E-state index contributed by atoms with van der Waals surface area (Å²) < 4.78 is 29.1. The summed E-state index contributed by atoms with van der Waals surface area (Å²) in [4.78, 5) is 26.7. The van der Waals surface area contributed by atoms with Crippen LogP contribution in [0.5, 0.6) is 0 Å². The fourth-order valence-corrected chi connectivity index (χ4v) is 5.12. The fraction of sp³-hybridized carbons (Fsp3) is 0.353. The second kappa shape index (κ2) is 9.15. The van der Waals surface area contributed by atoms with E-state index < -0.39 is 28.8 Å². The SMILES string of the molecule is CC(SSc1ncc(C(=O)O)n1C1CCc2c(F)cc(F)cc2C1)C(=O)O.Cl. The number of nitrogens with zero attached hydrogens (tertiary/aromatic N) is 2. The zero-order chi connectivity index (χ0) is 19.7. The monoisotopic (exact) mass is 450 g/mol. The van der Waals surface area contributed by atoms with Crippen molar-refractivity contribution in [2.75, 3.05) is 0 Å². The number of carboxylic acids is 2. The van der Waals surface area contributed by atoms with E-state index in [9.17, 15) is 23.5 Å². The van der Waals surface area contributed by atoms with Gasteiger partial charge in [0.25, 0.3) is 0 Å². The van der Waals surface area contributed by atoms with Crippen LogP contribution >= 0.6 is 34.0 Å². The minimum absolute atomic E-state index is 0. The Morgan fingerprint density at radius 3 is 2.68 bits per heavy atom. The smallest absolute Gasteiger partial charge is 0.354 e. The lowest BCUT2D eigenvalue weighted by Gasteiger charge is -2.28. The van der Waals surface area contributed by atoms with Gasteiger partial charge in [-0.05, 0) is 54.2 Å². The van der Waals surface area contributed by atoms with Gasteiger partial charge >= 0.3 is 11.9 Å². The van der Waals surface area contributed by atoms with Crippen molar-refractivity contribution in [2.45, 2.75) is 42.6 Å². The van der Waals surface area contributed by atoms with Gasteiger partial charge in [-0.25, -0.2) is 18.6 Å². The van der Waals surface area contributed by atoms with Gasteiger partial charge in [0.1, 0.15) is 22.6 Å². The molecule has 0 spiro atoms. The van der Waals surface area contributed by atoms with Crippen molar-refractivity contribution in [2.24, 2.45) is 0 Å². The third-order valence-corrected chi connectivity index (χ3v) is 7.04. The van der Waals surface area contributed by atoms with Gasteiger partial charge < -0.3 is 14.8 Å². The molecule has 0 saturated carbocycles. The summed E-state index contributed by atoms with van der Waals surface area (Å²) in [5.74, 6) is -3.41. The van der Waals surface area contributed by atoms with Crippen molar-refractivity contribution in [1.82, 2.24) is 9.55 Å². The van der Waals surface area contributed by atoms with Crippen LogP contribution in [0.1, 0.15) is 41.0 Å². The molecule has 3 rings (SSSR count). The summed E-state index contributed by atoms with van der Waals surface area (Å²) in [7, 11) is 2.13. The molecule has 2 aromatic rings. The molecular formula is C17H17ClF2N2O4S2. The number of fused-ring (bicyclic) bond motifs is 1. The molecule has 152 valence electrons. The summed E-state index contributed by atoms with van der Waals surface area (Å²) in [6.07, 6.45) is 2.32. The van der Waals surface area contributed by atoms with Crippen molar-refractivity contribution in [3.05, 3.63) is 46.8 Å². The van der Waals surface area contributed by atoms with E-state index in [1.807, 2.05) is 0 Å². The Balaban J connectivity index is 0.00000280. The van der Waals surface area contributed by atoms with Gasteiger partial charge in [-0.3, -0.25) is 4.79 Å². The van der Waals surface area contributed by atoms with Crippen molar-refractivity contribution in [3.63, 3.8) is 0 Å². The van der Waals surface area contributed by atoms with E-state index in [1.54, 1.807) is 0 Å². The number of benzene rings is 1. The molecule has 28 heavy (non-hydrogen) atoms. The van der Waals surface area contributed by atoms with Crippen LogP contribution in [-0.2, 0) is 17.6 Å². The summed E-state index contributed by atoms with van der Waals surface area (Å²) in [5, 5.41) is 18.1. The molecule has 1 heterocycles. The lowest BCUT2D eigenvalue weighted by atomic mass is 9.87. The molecule has 1 aromatic carbocycles. The van der Waals surface area contributed by atoms with Crippen molar-refractivity contribution in [3.8, 4) is 0 Å². The number of halogens is 3. The van der Waals surface area contributed by atoms with Crippen LogP contribution in [0.25, 0.3) is 0 Å². The average Bonchev–Trinajstić information content (AvgIpc) is 3.03. The second-order valence-corrected chi connectivity index (χ2v) is 8.69. The molecule has 0 radical (unpaired) electrons. The molecule has 0 amide bonds. The van der Waals surface area contributed by atoms with Crippen LogP contribution in [0.2, 0.25) is 0 Å². The molecule has 0 aliphatic heterocycles. The molecule has 2 unspecified atom stereocenters. The molecule has 1 aliphatic rings. The van der Waals surface area contributed by atoms with Crippen LogP contribution in [0, 0.1) is 11.6 Å².